The quantitative estimate of drug-likeness (QED) is 0.0559. The second-order valence-corrected chi connectivity index (χ2v) is 12.3. The molecule has 0 amide bonds. The van der Waals surface area contributed by atoms with Crippen molar-refractivity contribution in [3.8, 4) is 0 Å². The molecule has 1 aromatic rings. The Morgan fingerprint density at radius 3 is 1.48 bits per heavy atom. The first kappa shape index (κ1) is 56.9. The van der Waals surface area contributed by atoms with Crippen LogP contribution in [0.1, 0.15) is 87.9 Å². The lowest BCUT2D eigenvalue weighted by Gasteiger charge is -2.15. The molecule has 0 fully saturated rings. The first-order valence-corrected chi connectivity index (χ1v) is 17.9. The van der Waals surface area contributed by atoms with Crippen LogP contribution in [0.25, 0.3) is 0 Å². The molecule has 18 heteroatoms. The van der Waals surface area contributed by atoms with E-state index < -0.39 is 56.1 Å². The van der Waals surface area contributed by atoms with Crippen molar-refractivity contribution in [1.29, 1.82) is 0 Å². The predicted molar refractivity (Wildman–Crippen MR) is 205 cm³/mol. The standard InChI is InChI=1S/C15H16O9S.2C7H12O2.C5H8O2.C4H6O2/c1-8(2)14(18)23-7-9(3)24-15(19)10-5-4-6-11(25(20,21)22)12(10)13(16)17;2*1-3-5-6-9-7(8)4-2;1-4(2)5(6)7-3;1-3(2)4(5)6/h4-6,9H,1,7H2,2-3H3,(H,16,17)(H,20,21,22);2*4H,2-3,5-6H2,1H3;1H2,2-3H3;1H2,2H3,(H,5,6). The van der Waals surface area contributed by atoms with Crippen molar-refractivity contribution in [3.63, 3.8) is 0 Å². The molecule has 314 valence electrons. The van der Waals surface area contributed by atoms with Gasteiger partial charge in [0.05, 0.1) is 31.5 Å². The molecule has 1 atom stereocenters. The molecular formula is C38H54O17S. The third kappa shape index (κ3) is 30.6. The number of aliphatic carboxylic acids is 1. The Morgan fingerprint density at radius 1 is 0.768 bits per heavy atom. The second-order valence-electron chi connectivity index (χ2n) is 10.9. The predicted octanol–water partition coefficient (Wildman–Crippen LogP) is 5.71. The molecule has 3 N–H and O–H groups in total. The van der Waals surface area contributed by atoms with Gasteiger partial charge in [0.25, 0.3) is 10.1 Å². The molecule has 0 spiro atoms. The van der Waals surface area contributed by atoms with Crippen LogP contribution in [0.15, 0.2) is 84.9 Å². The molecule has 0 radical (unpaired) electrons. The summed E-state index contributed by atoms with van der Waals surface area (Å²) < 4.78 is 55.0. The number of esters is 5. The van der Waals surface area contributed by atoms with Crippen molar-refractivity contribution in [2.75, 3.05) is 26.9 Å². The fourth-order valence-electron chi connectivity index (χ4n) is 2.66. The van der Waals surface area contributed by atoms with E-state index >= 15 is 0 Å². The van der Waals surface area contributed by atoms with Crippen LogP contribution in [0.3, 0.4) is 0 Å². The number of ether oxygens (including phenoxy) is 5. The normalized spacial score (nSPS) is 9.93. The van der Waals surface area contributed by atoms with Crippen molar-refractivity contribution in [2.24, 2.45) is 0 Å². The Hall–Kier alpha value is -5.88. The van der Waals surface area contributed by atoms with Crippen LogP contribution in [-0.4, -0.2) is 98.0 Å². The average molecular weight is 815 g/mol. The summed E-state index contributed by atoms with van der Waals surface area (Å²) in [5.41, 5.74) is -0.730. The van der Waals surface area contributed by atoms with Crippen molar-refractivity contribution in [1.82, 2.24) is 0 Å². The van der Waals surface area contributed by atoms with Gasteiger partial charge in [0, 0.05) is 28.9 Å². The van der Waals surface area contributed by atoms with Gasteiger partial charge in [-0.3, -0.25) is 4.55 Å². The first-order valence-electron chi connectivity index (χ1n) is 16.5. The summed E-state index contributed by atoms with van der Waals surface area (Å²) in [6.07, 6.45) is 5.37. The van der Waals surface area contributed by atoms with Gasteiger partial charge in [0.2, 0.25) is 0 Å². The van der Waals surface area contributed by atoms with Crippen LogP contribution in [0.4, 0.5) is 0 Å². The van der Waals surface area contributed by atoms with Gasteiger partial charge in [-0.2, -0.15) is 8.42 Å². The minimum atomic E-state index is -4.86. The van der Waals surface area contributed by atoms with E-state index in [4.69, 9.17) is 24.2 Å². The summed E-state index contributed by atoms with van der Waals surface area (Å²) in [5.74, 6) is -5.52. The highest BCUT2D eigenvalue weighted by atomic mass is 32.2. The van der Waals surface area contributed by atoms with Crippen molar-refractivity contribution in [2.45, 2.75) is 78.2 Å². The number of benzene rings is 1. The van der Waals surface area contributed by atoms with Crippen LogP contribution in [-0.2, 0) is 57.8 Å². The van der Waals surface area contributed by atoms with E-state index in [9.17, 15) is 42.0 Å². The molecule has 1 rings (SSSR count). The lowest BCUT2D eigenvalue weighted by molar-refractivity contribution is -0.142. The summed E-state index contributed by atoms with van der Waals surface area (Å²) in [6, 6.07) is 2.96. The van der Waals surface area contributed by atoms with Gasteiger partial charge in [-0.1, -0.05) is 65.7 Å². The average Bonchev–Trinajstić information content (AvgIpc) is 3.13. The lowest BCUT2D eigenvalue weighted by Crippen LogP contribution is -2.24. The Kier molecular flexibility index (Phi) is 33.0. The van der Waals surface area contributed by atoms with E-state index in [0.717, 1.165) is 43.9 Å². The third-order valence-corrected chi connectivity index (χ3v) is 6.46. The summed E-state index contributed by atoms with van der Waals surface area (Å²) in [5, 5.41) is 17.1. The Bertz CT molecular complexity index is 1600. The Labute approximate surface area is 328 Å². The molecule has 1 unspecified atom stereocenters. The highest BCUT2D eigenvalue weighted by Gasteiger charge is 2.28. The minimum Gasteiger partial charge on any atom is -0.478 e. The molecule has 17 nitrogen and oxygen atoms in total. The van der Waals surface area contributed by atoms with E-state index in [1.54, 1.807) is 6.92 Å². The molecule has 0 saturated carbocycles. The van der Waals surface area contributed by atoms with Gasteiger partial charge in [0.15, 0.2) is 0 Å². The molecule has 0 aliphatic carbocycles. The fraction of sp³-hybridized carbons (Fsp3) is 0.395. The van der Waals surface area contributed by atoms with Crippen LogP contribution < -0.4 is 0 Å². The van der Waals surface area contributed by atoms with Crippen LogP contribution >= 0.6 is 0 Å². The smallest absolute Gasteiger partial charge is 0.339 e. The van der Waals surface area contributed by atoms with E-state index in [2.05, 4.69) is 47.1 Å². The summed E-state index contributed by atoms with van der Waals surface area (Å²) in [4.78, 5) is 74.2. The topological polar surface area (TPSA) is 260 Å². The van der Waals surface area contributed by atoms with Gasteiger partial charge >= 0.3 is 41.8 Å². The maximum atomic E-state index is 12.1. The van der Waals surface area contributed by atoms with E-state index in [0.29, 0.717) is 18.8 Å². The van der Waals surface area contributed by atoms with Crippen molar-refractivity contribution < 1.29 is 80.4 Å². The number of unbranched alkanes of at least 4 members (excludes halogenated alkanes) is 2. The number of carboxylic acid groups (broad SMARTS) is 2. The molecule has 0 saturated heterocycles. The zero-order chi connectivity index (χ0) is 44.6. The summed E-state index contributed by atoms with van der Waals surface area (Å²) >= 11 is 0. The third-order valence-electron chi connectivity index (χ3n) is 5.56. The molecule has 0 aliphatic rings. The lowest BCUT2D eigenvalue weighted by atomic mass is 10.1. The number of methoxy groups -OCH3 is 1. The van der Waals surface area contributed by atoms with Gasteiger partial charge in [-0.25, -0.2) is 33.6 Å². The van der Waals surface area contributed by atoms with E-state index in [1.807, 2.05) is 13.8 Å². The number of aromatic carboxylic acids is 1. The van der Waals surface area contributed by atoms with Gasteiger partial charge in [-0.15, -0.1) is 0 Å². The number of carbonyl (C=O) groups is 7. The Balaban J connectivity index is -0.000000356. The highest BCUT2D eigenvalue weighted by molar-refractivity contribution is 7.86. The van der Waals surface area contributed by atoms with E-state index in [-0.39, 0.29) is 35.7 Å². The van der Waals surface area contributed by atoms with Gasteiger partial charge in [-0.05, 0) is 52.7 Å². The highest BCUT2D eigenvalue weighted by Crippen LogP contribution is 2.21. The van der Waals surface area contributed by atoms with Crippen LogP contribution in [0.5, 0.6) is 0 Å². The maximum Gasteiger partial charge on any atom is 0.339 e. The second kappa shape index (κ2) is 32.5. The fourth-order valence-corrected chi connectivity index (χ4v) is 3.37. The largest absolute Gasteiger partial charge is 0.478 e. The minimum absolute atomic E-state index is 0.146. The maximum absolute atomic E-state index is 12.1. The van der Waals surface area contributed by atoms with Gasteiger partial charge in [0.1, 0.15) is 17.6 Å². The van der Waals surface area contributed by atoms with Crippen molar-refractivity contribution in [3.05, 3.63) is 91.1 Å². The van der Waals surface area contributed by atoms with Crippen LogP contribution in [0.2, 0.25) is 0 Å². The number of carboxylic acids is 2. The molecule has 0 aliphatic heterocycles. The molecular weight excluding hydrogens is 760 g/mol. The molecule has 0 heterocycles. The monoisotopic (exact) mass is 814 g/mol. The van der Waals surface area contributed by atoms with E-state index in [1.165, 1.54) is 40.0 Å². The molecule has 0 aromatic heterocycles. The SMILES string of the molecule is C=C(C)C(=O)O.C=C(C)C(=O)OC.C=C(C)C(=O)OCC(C)OC(=O)c1cccc(S(=O)(=O)O)c1C(=O)O.C=CC(=O)OCCCC.C=CC(=O)OCCCC. The Morgan fingerprint density at radius 2 is 1.20 bits per heavy atom. The molecule has 56 heavy (non-hydrogen) atoms. The van der Waals surface area contributed by atoms with Gasteiger partial charge < -0.3 is 33.9 Å². The van der Waals surface area contributed by atoms with Crippen LogP contribution in [0, 0.1) is 0 Å². The zero-order valence-corrected chi connectivity index (χ0v) is 33.7. The molecule has 1 aromatic carbocycles. The molecule has 0 bridgehead atoms. The summed E-state index contributed by atoms with van der Waals surface area (Å²) in [6.45, 7) is 27.1. The number of carbonyl (C=O) groups excluding carboxylic acids is 5. The number of rotatable bonds is 17. The number of hydrogen-bond donors (Lipinski definition) is 3. The zero-order valence-electron chi connectivity index (χ0n) is 32.9. The van der Waals surface area contributed by atoms with Crippen molar-refractivity contribution >= 4 is 51.9 Å². The summed E-state index contributed by atoms with van der Waals surface area (Å²) in [7, 11) is -3.53. The first-order chi connectivity index (χ1) is 25.9. The number of hydrogen-bond acceptors (Lipinski definition) is 14.